The summed E-state index contributed by atoms with van der Waals surface area (Å²) in [5, 5.41) is 21.8. The predicted molar refractivity (Wildman–Crippen MR) is 92.5 cm³/mol. The van der Waals surface area contributed by atoms with E-state index >= 15 is 0 Å². The van der Waals surface area contributed by atoms with Gasteiger partial charge in [0.25, 0.3) is 15.7 Å². The summed E-state index contributed by atoms with van der Waals surface area (Å²) in [4.78, 5) is 9.89. The minimum Gasteiger partial charge on any atom is -0.277 e. The summed E-state index contributed by atoms with van der Waals surface area (Å²) in [5.41, 5.74) is -0.110. The molecule has 0 atom stereocenters. The maximum absolute atomic E-state index is 14.2. The van der Waals surface area contributed by atoms with Gasteiger partial charge in [-0.2, -0.15) is 4.68 Å². The van der Waals surface area contributed by atoms with E-state index in [1.165, 1.54) is 35.9 Å². The third kappa shape index (κ3) is 3.60. The van der Waals surface area contributed by atoms with E-state index in [-0.39, 0.29) is 21.8 Å². The first-order chi connectivity index (χ1) is 12.7. The van der Waals surface area contributed by atoms with Crippen molar-refractivity contribution in [1.82, 2.24) is 20.2 Å². The Labute approximate surface area is 152 Å². The molecule has 0 unspecified atom stereocenters. The number of tetrazole rings is 1. The van der Waals surface area contributed by atoms with Gasteiger partial charge in [0, 0.05) is 12.1 Å². The van der Waals surface area contributed by atoms with Gasteiger partial charge in [-0.05, 0) is 48.0 Å². The fourth-order valence-electron chi connectivity index (χ4n) is 2.39. The van der Waals surface area contributed by atoms with Gasteiger partial charge in [-0.25, -0.2) is 12.8 Å². The van der Waals surface area contributed by atoms with Crippen LogP contribution in [0.5, 0.6) is 0 Å². The summed E-state index contributed by atoms with van der Waals surface area (Å²) in [6.45, 7) is 3.11. The van der Waals surface area contributed by atoms with E-state index in [9.17, 15) is 22.9 Å². The largest absolute Gasteiger partial charge is 0.277 e. The molecule has 0 saturated carbocycles. The number of benzene rings is 2. The van der Waals surface area contributed by atoms with E-state index in [0.29, 0.717) is 11.5 Å². The fourth-order valence-corrected chi connectivity index (χ4v) is 3.71. The first-order valence-electron chi connectivity index (χ1n) is 7.52. The molecule has 10 nitrogen and oxygen atoms in total. The Hall–Kier alpha value is -3.41. The van der Waals surface area contributed by atoms with Crippen molar-refractivity contribution in [3.8, 4) is 5.69 Å². The predicted octanol–water partition coefficient (Wildman–Crippen LogP) is 2.13. The van der Waals surface area contributed by atoms with Gasteiger partial charge in [0.15, 0.2) is 5.82 Å². The minimum atomic E-state index is -4.27. The average molecular weight is 392 g/mol. The average Bonchev–Trinajstić information content (AvgIpc) is 3.02. The Morgan fingerprint density at radius 3 is 2.56 bits per heavy atom. The zero-order valence-electron chi connectivity index (χ0n) is 14.1. The highest BCUT2D eigenvalue weighted by Crippen LogP contribution is 2.26. The maximum atomic E-state index is 14.2. The van der Waals surface area contributed by atoms with Crippen LogP contribution in [-0.2, 0) is 10.0 Å². The summed E-state index contributed by atoms with van der Waals surface area (Å²) in [7, 11) is -4.27. The molecule has 0 radical (unpaired) electrons. The molecule has 0 bridgehead atoms. The van der Waals surface area contributed by atoms with Crippen molar-refractivity contribution in [3.05, 3.63) is 63.7 Å². The topological polar surface area (TPSA) is 133 Å². The summed E-state index contributed by atoms with van der Waals surface area (Å²) in [6, 6.07) is 7.09. The quantitative estimate of drug-likeness (QED) is 0.519. The van der Waals surface area contributed by atoms with Crippen LogP contribution in [0.15, 0.2) is 41.3 Å². The number of hydrogen-bond acceptors (Lipinski definition) is 7. The van der Waals surface area contributed by atoms with Crippen molar-refractivity contribution in [1.29, 1.82) is 0 Å². The number of aromatic nitrogens is 4. The molecule has 0 amide bonds. The lowest BCUT2D eigenvalue weighted by Crippen LogP contribution is -2.16. The number of anilines is 1. The Kier molecular flexibility index (Phi) is 4.57. The number of nitrogens with one attached hydrogen (secondary N) is 1. The van der Waals surface area contributed by atoms with E-state index in [0.717, 1.165) is 12.1 Å². The van der Waals surface area contributed by atoms with E-state index in [2.05, 4.69) is 20.2 Å². The summed E-state index contributed by atoms with van der Waals surface area (Å²) >= 11 is 0. The van der Waals surface area contributed by atoms with Crippen molar-refractivity contribution in [3.63, 3.8) is 0 Å². The minimum absolute atomic E-state index is 0.279. The number of hydrogen-bond donors (Lipinski definition) is 1. The summed E-state index contributed by atoms with van der Waals surface area (Å²) in [5.74, 6) is -0.402. The Bertz CT molecular complexity index is 1140. The van der Waals surface area contributed by atoms with Crippen LogP contribution >= 0.6 is 0 Å². The van der Waals surface area contributed by atoms with Crippen LogP contribution in [0.3, 0.4) is 0 Å². The number of halogens is 1. The first-order valence-corrected chi connectivity index (χ1v) is 9.00. The van der Waals surface area contributed by atoms with Gasteiger partial charge >= 0.3 is 0 Å². The maximum Gasteiger partial charge on any atom is 0.270 e. The van der Waals surface area contributed by atoms with Crippen molar-refractivity contribution in [2.24, 2.45) is 0 Å². The van der Waals surface area contributed by atoms with Gasteiger partial charge in [-0.1, -0.05) is 6.07 Å². The smallest absolute Gasteiger partial charge is 0.270 e. The number of nitro benzene ring substituents is 1. The third-order valence-corrected chi connectivity index (χ3v) is 5.24. The number of non-ortho nitro benzene ring substituents is 1. The van der Waals surface area contributed by atoms with Crippen molar-refractivity contribution in [2.45, 2.75) is 18.7 Å². The lowest BCUT2D eigenvalue weighted by atomic mass is 10.2. The Morgan fingerprint density at radius 1 is 1.19 bits per heavy atom. The molecule has 0 aliphatic heterocycles. The number of nitrogens with zero attached hydrogens (tertiary/aromatic N) is 5. The number of rotatable bonds is 5. The second-order valence-electron chi connectivity index (χ2n) is 5.61. The molecule has 140 valence electrons. The molecule has 27 heavy (non-hydrogen) atoms. The SMILES string of the molecule is Cc1ccc([N+](=O)[O-])cc1S(=O)(=O)Nc1cc(-n2nnnc2C)ccc1F. The second-order valence-corrected chi connectivity index (χ2v) is 7.27. The lowest BCUT2D eigenvalue weighted by Gasteiger charge is -2.12. The molecule has 1 aromatic heterocycles. The highest BCUT2D eigenvalue weighted by Gasteiger charge is 2.22. The van der Waals surface area contributed by atoms with Crippen LogP contribution < -0.4 is 4.72 Å². The molecule has 12 heteroatoms. The Morgan fingerprint density at radius 2 is 1.93 bits per heavy atom. The van der Waals surface area contributed by atoms with Crippen LogP contribution in [0.1, 0.15) is 11.4 Å². The third-order valence-electron chi connectivity index (χ3n) is 3.74. The molecule has 1 N–H and O–H groups in total. The summed E-state index contributed by atoms with van der Waals surface area (Å²) in [6.07, 6.45) is 0. The highest BCUT2D eigenvalue weighted by atomic mass is 32.2. The van der Waals surface area contributed by atoms with Crippen molar-refractivity contribution < 1.29 is 17.7 Å². The zero-order valence-corrected chi connectivity index (χ0v) is 14.9. The molecule has 0 saturated heterocycles. The van der Waals surface area contributed by atoms with E-state index in [1.807, 2.05) is 0 Å². The molecule has 0 aliphatic rings. The van der Waals surface area contributed by atoms with E-state index in [1.54, 1.807) is 6.92 Å². The Balaban J connectivity index is 2.03. The van der Waals surface area contributed by atoms with E-state index < -0.39 is 20.8 Å². The number of nitro groups is 1. The summed E-state index contributed by atoms with van der Waals surface area (Å²) < 4.78 is 42.9. The monoisotopic (exact) mass is 392 g/mol. The standard InChI is InChI=1S/C15H13FN6O4S/c1-9-3-4-12(22(23)24)8-15(9)27(25,26)18-14-7-11(5-6-13(14)16)21-10(2)17-19-20-21/h3-8,18H,1-2H3. The van der Waals surface area contributed by atoms with Crippen LogP contribution in [0.4, 0.5) is 15.8 Å². The molecule has 3 aromatic rings. The number of sulfonamides is 1. The molecule has 2 aromatic carbocycles. The van der Waals surface area contributed by atoms with Gasteiger partial charge in [-0.15, -0.1) is 5.10 Å². The normalized spacial score (nSPS) is 11.4. The van der Waals surface area contributed by atoms with Crippen LogP contribution in [0.2, 0.25) is 0 Å². The molecule has 0 spiro atoms. The molecule has 0 fully saturated rings. The molecule has 0 aliphatic carbocycles. The molecule has 3 rings (SSSR count). The van der Waals surface area contributed by atoms with Crippen LogP contribution in [0, 0.1) is 29.8 Å². The van der Waals surface area contributed by atoms with Gasteiger partial charge < -0.3 is 0 Å². The first kappa shape index (κ1) is 18.4. The molecular formula is C15H13FN6O4S. The van der Waals surface area contributed by atoms with Gasteiger partial charge in [0.1, 0.15) is 5.82 Å². The fraction of sp³-hybridized carbons (Fsp3) is 0.133. The molecule has 1 heterocycles. The van der Waals surface area contributed by atoms with Crippen LogP contribution in [0.25, 0.3) is 5.69 Å². The highest BCUT2D eigenvalue weighted by molar-refractivity contribution is 7.92. The number of aryl methyl sites for hydroxylation is 2. The molecular weight excluding hydrogens is 379 g/mol. The van der Waals surface area contributed by atoms with Crippen LogP contribution in [-0.4, -0.2) is 33.5 Å². The van der Waals surface area contributed by atoms with Gasteiger partial charge in [-0.3, -0.25) is 14.8 Å². The van der Waals surface area contributed by atoms with Crippen molar-refractivity contribution >= 4 is 21.4 Å². The zero-order chi connectivity index (χ0) is 19.8. The van der Waals surface area contributed by atoms with Crippen molar-refractivity contribution in [2.75, 3.05) is 4.72 Å². The van der Waals surface area contributed by atoms with Gasteiger partial charge in [0.2, 0.25) is 0 Å². The second kappa shape index (κ2) is 6.72. The van der Waals surface area contributed by atoms with E-state index in [4.69, 9.17) is 0 Å². The lowest BCUT2D eigenvalue weighted by molar-refractivity contribution is -0.385. The van der Waals surface area contributed by atoms with Gasteiger partial charge in [0.05, 0.1) is 21.2 Å².